The van der Waals surface area contributed by atoms with Crippen LogP contribution in [0.2, 0.25) is 10.0 Å². The first-order valence-electron chi connectivity index (χ1n) is 6.39. The zero-order chi connectivity index (χ0) is 13.0. The van der Waals surface area contributed by atoms with Crippen molar-refractivity contribution in [3.05, 3.63) is 33.8 Å². The van der Waals surface area contributed by atoms with Gasteiger partial charge < -0.3 is 10.1 Å². The van der Waals surface area contributed by atoms with Crippen molar-refractivity contribution in [2.45, 2.75) is 31.3 Å². The predicted octanol–water partition coefficient (Wildman–Crippen LogP) is 3.87. The van der Waals surface area contributed by atoms with E-state index in [9.17, 15) is 0 Å². The summed E-state index contributed by atoms with van der Waals surface area (Å²) < 4.78 is 5.55. The molecule has 1 aromatic carbocycles. The second kappa shape index (κ2) is 6.76. The van der Waals surface area contributed by atoms with Gasteiger partial charge in [0.2, 0.25) is 0 Å². The molecule has 0 saturated carbocycles. The number of ether oxygens (including phenoxy) is 1. The maximum absolute atomic E-state index is 6.09. The van der Waals surface area contributed by atoms with E-state index < -0.39 is 0 Å². The Morgan fingerprint density at radius 3 is 2.83 bits per heavy atom. The van der Waals surface area contributed by atoms with Gasteiger partial charge in [0.1, 0.15) is 0 Å². The molecule has 2 unspecified atom stereocenters. The van der Waals surface area contributed by atoms with Crippen LogP contribution in [0.5, 0.6) is 0 Å². The van der Waals surface area contributed by atoms with Crippen molar-refractivity contribution >= 4 is 23.2 Å². The van der Waals surface area contributed by atoms with Gasteiger partial charge in [-0.1, -0.05) is 29.3 Å². The van der Waals surface area contributed by atoms with Crippen LogP contribution in [-0.2, 0) is 4.74 Å². The Morgan fingerprint density at radius 1 is 1.28 bits per heavy atom. The van der Waals surface area contributed by atoms with Crippen molar-refractivity contribution in [2.75, 3.05) is 20.2 Å². The molecule has 0 amide bonds. The molecule has 1 fully saturated rings. The van der Waals surface area contributed by atoms with Gasteiger partial charge in [0, 0.05) is 13.7 Å². The van der Waals surface area contributed by atoms with Gasteiger partial charge in [-0.25, -0.2) is 0 Å². The molecule has 0 aromatic heterocycles. The third-order valence-electron chi connectivity index (χ3n) is 3.57. The summed E-state index contributed by atoms with van der Waals surface area (Å²) in [6, 6.07) is 5.92. The average molecular weight is 288 g/mol. The first-order valence-corrected chi connectivity index (χ1v) is 7.14. The summed E-state index contributed by atoms with van der Waals surface area (Å²) >= 11 is 12.1. The minimum Gasteiger partial charge on any atom is -0.381 e. The SMILES string of the molecule is COC1CCCNCC(c2ccc(Cl)c(Cl)c2)C1. The highest BCUT2D eigenvalue weighted by atomic mass is 35.5. The Labute approximate surface area is 119 Å². The van der Waals surface area contributed by atoms with Crippen LogP contribution in [0.3, 0.4) is 0 Å². The fourth-order valence-electron chi connectivity index (χ4n) is 2.48. The lowest BCUT2D eigenvalue weighted by atomic mass is 9.90. The molecule has 0 spiro atoms. The molecule has 100 valence electrons. The molecule has 0 bridgehead atoms. The number of rotatable bonds is 2. The minimum absolute atomic E-state index is 0.339. The number of methoxy groups -OCH3 is 1. The van der Waals surface area contributed by atoms with Crippen molar-refractivity contribution in [3.8, 4) is 0 Å². The largest absolute Gasteiger partial charge is 0.381 e. The molecule has 1 aliphatic heterocycles. The van der Waals surface area contributed by atoms with Gasteiger partial charge in [0.25, 0.3) is 0 Å². The van der Waals surface area contributed by atoms with E-state index in [1.54, 1.807) is 7.11 Å². The van der Waals surface area contributed by atoms with E-state index in [4.69, 9.17) is 27.9 Å². The molecular formula is C14H19Cl2NO. The third-order valence-corrected chi connectivity index (χ3v) is 4.31. The summed E-state index contributed by atoms with van der Waals surface area (Å²) in [5.74, 6) is 0.435. The van der Waals surface area contributed by atoms with E-state index in [-0.39, 0.29) is 0 Å². The summed E-state index contributed by atoms with van der Waals surface area (Å²) in [6.07, 6.45) is 3.65. The molecule has 0 aliphatic carbocycles. The van der Waals surface area contributed by atoms with E-state index in [2.05, 4.69) is 11.4 Å². The van der Waals surface area contributed by atoms with Crippen LogP contribution in [0.4, 0.5) is 0 Å². The van der Waals surface area contributed by atoms with E-state index in [1.807, 2.05) is 12.1 Å². The Hall–Kier alpha value is -0.280. The quantitative estimate of drug-likeness (QED) is 0.892. The van der Waals surface area contributed by atoms with Gasteiger partial charge in [-0.2, -0.15) is 0 Å². The summed E-state index contributed by atoms with van der Waals surface area (Å²) in [7, 11) is 1.80. The minimum atomic E-state index is 0.339. The van der Waals surface area contributed by atoms with Crippen molar-refractivity contribution < 1.29 is 4.74 Å². The number of halogens is 2. The molecule has 2 nitrogen and oxygen atoms in total. The maximum atomic E-state index is 6.09. The normalized spacial score (nSPS) is 25.5. The van der Waals surface area contributed by atoms with Crippen LogP contribution in [0.1, 0.15) is 30.7 Å². The van der Waals surface area contributed by atoms with Crippen LogP contribution in [0.25, 0.3) is 0 Å². The smallest absolute Gasteiger partial charge is 0.0595 e. The van der Waals surface area contributed by atoms with Gasteiger partial charge in [-0.3, -0.25) is 0 Å². The molecule has 1 N–H and O–H groups in total. The van der Waals surface area contributed by atoms with Crippen molar-refractivity contribution in [2.24, 2.45) is 0 Å². The topological polar surface area (TPSA) is 21.3 Å². The Bertz CT molecular complexity index is 397. The fourth-order valence-corrected chi connectivity index (χ4v) is 2.79. The zero-order valence-electron chi connectivity index (χ0n) is 10.6. The number of hydrogen-bond acceptors (Lipinski definition) is 2. The Balaban J connectivity index is 2.14. The lowest BCUT2D eigenvalue weighted by Crippen LogP contribution is -2.30. The van der Waals surface area contributed by atoms with E-state index >= 15 is 0 Å². The highest BCUT2D eigenvalue weighted by Gasteiger charge is 2.20. The van der Waals surface area contributed by atoms with Crippen molar-refractivity contribution in [1.82, 2.24) is 5.32 Å². The summed E-state index contributed by atoms with van der Waals surface area (Å²) in [6.45, 7) is 2.02. The van der Waals surface area contributed by atoms with E-state index in [1.165, 1.54) is 12.0 Å². The highest BCUT2D eigenvalue weighted by Crippen LogP contribution is 2.30. The molecule has 4 heteroatoms. The average Bonchev–Trinajstić information content (AvgIpc) is 2.33. The zero-order valence-corrected chi connectivity index (χ0v) is 12.1. The first-order chi connectivity index (χ1) is 8.70. The summed E-state index contributed by atoms with van der Waals surface area (Å²) in [4.78, 5) is 0. The highest BCUT2D eigenvalue weighted by molar-refractivity contribution is 6.42. The lowest BCUT2D eigenvalue weighted by molar-refractivity contribution is 0.0759. The summed E-state index contributed by atoms with van der Waals surface area (Å²) in [5.41, 5.74) is 1.24. The second-order valence-electron chi connectivity index (χ2n) is 4.81. The monoisotopic (exact) mass is 287 g/mol. The Kier molecular flexibility index (Phi) is 5.31. The first kappa shape index (κ1) is 14.1. The van der Waals surface area contributed by atoms with Gasteiger partial charge in [-0.15, -0.1) is 0 Å². The number of benzene rings is 1. The number of nitrogens with one attached hydrogen (secondary N) is 1. The molecule has 2 rings (SSSR count). The van der Waals surface area contributed by atoms with Gasteiger partial charge in [0.15, 0.2) is 0 Å². The summed E-state index contributed by atoms with van der Waals surface area (Å²) in [5, 5.41) is 4.73. The van der Waals surface area contributed by atoms with E-state index in [0.29, 0.717) is 22.1 Å². The van der Waals surface area contributed by atoms with E-state index in [0.717, 1.165) is 25.9 Å². The molecular weight excluding hydrogens is 269 g/mol. The molecule has 1 aliphatic rings. The maximum Gasteiger partial charge on any atom is 0.0595 e. The fraction of sp³-hybridized carbons (Fsp3) is 0.571. The Morgan fingerprint density at radius 2 is 2.11 bits per heavy atom. The van der Waals surface area contributed by atoms with Gasteiger partial charge in [0.05, 0.1) is 16.1 Å². The number of hydrogen-bond donors (Lipinski definition) is 1. The molecule has 1 aromatic rings. The van der Waals surface area contributed by atoms with Gasteiger partial charge >= 0.3 is 0 Å². The third kappa shape index (κ3) is 3.61. The van der Waals surface area contributed by atoms with Crippen molar-refractivity contribution in [1.29, 1.82) is 0 Å². The standard InChI is InChI=1S/C14H19Cl2NO/c1-18-12-3-2-6-17-9-11(7-12)10-4-5-13(15)14(16)8-10/h4-5,8,11-12,17H,2-3,6-7,9H2,1H3. The molecule has 1 saturated heterocycles. The van der Waals surface area contributed by atoms with Crippen LogP contribution < -0.4 is 5.32 Å². The second-order valence-corrected chi connectivity index (χ2v) is 5.62. The molecule has 18 heavy (non-hydrogen) atoms. The molecule has 0 radical (unpaired) electrons. The van der Waals surface area contributed by atoms with Crippen LogP contribution in [0, 0.1) is 0 Å². The lowest BCUT2D eigenvalue weighted by Gasteiger charge is -2.26. The molecule has 1 heterocycles. The van der Waals surface area contributed by atoms with Gasteiger partial charge in [-0.05, 0) is 49.4 Å². The van der Waals surface area contributed by atoms with Crippen LogP contribution >= 0.6 is 23.2 Å². The van der Waals surface area contributed by atoms with Crippen LogP contribution in [0.15, 0.2) is 18.2 Å². The molecule has 2 atom stereocenters. The predicted molar refractivity (Wildman–Crippen MR) is 76.7 cm³/mol. The van der Waals surface area contributed by atoms with Crippen LogP contribution in [-0.4, -0.2) is 26.3 Å². The van der Waals surface area contributed by atoms with Crippen molar-refractivity contribution in [3.63, 3.8) is 0 Å².